The van der Waals surface area contributed by atoms with E-state index in [0.717, 1.165) is 24.7 Å². The zero-order valence-corrected chi connectivity index (χ0v) is 11.8. The third-order valence-corrected chi connectivity index (χ3v) is 4.58. The van der Waals surface area contributed by atoms with Crippen LogP contribution >= 0.6 is 11.8 Å². The molecule has 0 radical (unpaired) electrons. The predicted octanol–water partition coefficient (Wildman–Crippen LogP) is 2.19. The first-order valence-corrected chi connectivity index (χ1v) is 7.36. The number of rotatable bonds is 5. The van der Waals surface area contributed by atoms with Gasteiger partial charge in [0.1, 0.15) is 11.6 Å². The first-order valence-electron chi connectivity index (χ1n) is 6.37. The van der Waals surface area contributed by atoms with Gasteiger partial charge in [0.25, 0.3) is 0 Å². The molecule has 1 aromatic rings. The number of nitrogens with one attached hydrogen (secondary N) is 2. The van der Waals surface area contributed by atoms with Gasteiger partial charge in [0.15, 0.2) is 0 Å². The van der Waals surface area contributed by atoms with Crippen LogP contribution < -0.4 is 16.4 Å². The molecule has 1 fully saturated rings. The molecule has 0 amide bonds. The summed E-state index contributed by atoms with van der Waals surface area (Å²) >= 11 is 2.03. The Bertz CT molecular complexity index is 403. The Hall–Kier alpha value is -1.17. The molecule has 18 heavy (non-hydrogen) atoms. The van der Waals surface area contributed by atoms with Crippen LogP contribution in [0.1, 0.15) is 26.7 Å². The van der Waals surface area contributed by atoms with Crippen molar-refractivity contribution in [1.29, 1.82) is 0 Å². The van der Waals surface area contributed by atoms with Crippen LogP contribution in [0.4, 0.5) is 17.6 Å². The van der Waals surface area contributed by atoms with E-state index in [2.05, 4.69) is 27.5 Å². The predicted molar refractivity (Wildman–Crippen MR) is 79.2 cm³/mol. The molecular formula is C12H21N5S. The molecule has 4 N–H and O–H groups in total. The number of nitrogens with two attached hydrogens (primary N) is 1. The minimum Gasteiger partial charge on any atom is -0.370 e. The largest absolute Gasteiger partial charge is 0.370 e. The summed E-state index contributed by atoms with van der Waals surface area (Å²) in [6.07, 6.45) is 2.56. The number of nitrogen functional groups attached to an aromatic ring is 1. The summed E-state index contributed by atoms with van der Waals surface area (Å²) in [5.41, 5.74) is 5.70. The molecule has 1 aliphatic rings. The van der Waals surface area contributed by atoms with Gasteiger partial charge in [-0.05, 0) is 32.4 Å². The van der Waals surface area contributed by atoms with E-state index in [0.29, 0.717) is 10.7 Å². The van der Waals surface area contributed by atoms with Gasteiger partial charge in [0.05, 0.1) is 0 Å². The van der Waals surface area contributed by atoms with E-state index in [9.17, 15) is 0 Å². The minimum absolute atomic E-state index is 0.306. The van der Waals surface area contributed by atoms with Crippen LogP contribution in [0.2, 0.25) is 0 Å². The van der Waals surface area contributed by atoms with E-state index in [1.807, 2.05) is 24.8 Å². The fourth-order valence-electron chi connectivity index (χ4n) is 2.08. The first-order chi connectivity index (χ1) is 8.61. The SMILES string of the molecule is CCNc1cc(NCC2(C)CCCS2)nc(N)n1. The van der Waals surface area contributed by atoms with Gasteiger partial charge in [-0.25, -0.2) is 0 Å². The molecule has 2 heterocycles. The van der Waals surface area contributed by atoms with Gasteiger partial charge in [-0.15, -0.1) is 0 Å². The molecule has 1 aromatic heterocycles. The highest BCUT2D eigenvalue weighted by Crippen LogP contribution is 2.37. The summed E-state index contributed by atoms with van der Waals surface area (Å²) in [6.45, 7) is 6.07. The second-order valence-corrected chi connectivity index (χ2v) is 6.46. The number of aromatic nitrogens is 2. The van der Waals surface area contributed by atoms with Crippen LogP contribution in [0.3, 0.4) is 0 Å². The van der Waals surface area contributed by atoms with Gasteiger partial charge in [-0.1, -0.05) is 0 Å². The second kappa shape index (κ2) is 5.65. The molecule has 0 aliphatic carbocycles. The van der Waals surface area contributed by atoms with E-state index in [1.54, 1.807) is 0 Å². The Balaban J connectivity index is 2.00. The van der Waals surface area contributed by atoms with Crippen molar-refractivity contribution in [1.82, 2.24) is 9.97 Å². The van der Waals surface area contributed by atoms with Crippen molar-refractivity contribution in [2.45, 2.75) is 31.4 Å². The van der Waals surface area contributed by atoms with E-state index in [4.69, 9.17) is 5.73 Å². The fraction of sp³-hybridized carbons (Fsp3) is 0.667. The normalized spacial score (nSPS) is 23.0. The van der Waals surface area contributed by atoms with Crippen molar-refractivity contribution in [2.24, 2.45) is 0 Å². The van der Waals surface area contributed by atoms with Crippen LogP contribution in [0.5, 0.6) is 0 Å². The zero-order valence-electron chi connectivity index (χ0n) is 11.0. The standard InChI is InChI=1S/C12H21N5S/c1-3-14-9-7-10(17-11(13)16-9)15-8-12(2)5-4-6-18-12/h7H,3-6,8H2,1-2H3,(H4,13,14,15,16,17). The summed E-state index contributed by atoms with van der Waals surface area (Å²) in [4.78, 5) is 8.35. The average Bonchev–Trinajstić information content (AvgIpc) is 2.74. The van der Waals surface area contributed by atoms with Crippen LogP contribution in [-0.4, -0.2) is 33.6 Å². The lowest BCUT2D eigenvalue weighted by Gasteiger charge is -2.23. The van der Waals surface area contributed by atoms with Crippen molar-refractivity contribution in [2.75, 3.05) is 35.2 Å². The maximum atomic E-state index is 5.70. The van der Waals surface area contributed by atoms with Gasteiger partial charge in [0, 0.05) is 23.9 Å². The van der Waals surface area contributed by atoms with Gasteiger partial charge in [-0.3, -0.25) is 0 Å². The Labute approximate surface area is 112 Å². The quantitative estimate of drug-likeness (QED) is 0.759. The lowest BCUT2D eigenvalue weighted by molar-refractivity contribution is 0.634. The van der Waals surface area contributed by atoms with Crippen molar-refractivity contribution >= 4 is 29.3 Å². The molecule has 1 atom stereocenters. The van der Waals surface area contributed by atoms with Crippen molar-refractivity contribution in [3.8, 4) is 0 Å². The topological polar surface area (TPSA) is 75.9 Å². The number of hydrogen-bond acceptors (Lipinski definition) is 6. The van der Waals surface area contributed by atoms with Crippen LogP contribution in [0.25, 0.3) is 0 Å². The maximum Gasteiger partial charge on any atom is 0.223 e. The van der Waals surface area contributed by atoms with E-state index in [1.165, 1.54) is 18.6 Å². The highest BCUT2D eigenvalue weighted by Gasteiger charge is 2.29. The third kappa shape index (κ3) is 3.41. The second-order valence-electron chi connectivity index (χ2n) is 4.78. The Kier molecular flexibility index (Phi) is 4.16. The molecule has 0 spiro atoms. The van der Waals surface area contributed by atoms with Crippen LogP contribution in [0, 0.1) is 0 Å². The monoisotopic (exact) mass is 267 g/mol. The van der Waals surface area contributed by atoms with Crippen molar-refractivity contribution in [3.63, 3.8) is 0 Å². The first kappa shape index (κ1) is 13.3. The van der Waals surface area contributed by atoms with E-state index >= 15 is 0 Å². The van der Waals surface area contributed by atoms with Crippen molar-refractivity contribution < 1.29 is 0 Å². The number of anilines is 3. The van der Waals surface area contributed by atoms with Gasteiger partial charge in [-0.2, -0.15) is 21.7 Å². The maximum absolute atomic E-state index is 5.70. The number of hydrogen-bond donors (Lipinski definition) is 3. The summed E-state index contributed by atoms with van der Waals surface area (Å²) in [5.74, 6) is 3.14. The van der Waals surface area contributed by atoms with Crippen LogP contribution in [0.15, 0.2) is 6.07 Å². The molecule has 0 bridgehead atoms. The highest BCUT2D eigenvalue weighted by molar-refractivity contribution is 8.00. The van der Waals surface area contributed by atoms with Gasteiger partial charge in [0.2, 0.25) is 5.95 Å². The molecule has 1 saturated heterocycles. The molecular weight excluding hydrogens is 246 g/mol. The summed E-state index contributed by atoms with van der Waals surface area (Å²) in [7, 11) is 0. The fourth-order valence-corrected chi connectivity index (χ4v) is 3.33. The van der Waals surface area contributed by atoms with E-state index in [-0.39, 0.29) is 0 Å². The molecule has 0 aromatic carbocycles. The van der Waals surface area contributed by atoms with Crippen LogP contribution in [-0.2, 0) is 0 Å². The molecule has 6 heteroatoms. The Morgan fingerprint density at radius 1 is 1.39 bits per heavy atom. The molecule has 2 rings (SSSR count). The summed E-state index contributed by atoms with van der Waals surface area (Å²) < 4.78 is 0.318. The number of nitrogens with zero attached hydrogens (tertiary/aromatic N) is 2. The van der Waals surface area contributed by atoms with E-state index < -0.39 is 0 Å². The average molecular weight is 267 g/mol. The minimum atomic E-state index is 0.306. The summed E-state index contributed by atoms with van der Waals surface area (Å²) in [5, 5.41) is 6.52. The molecule has 0 saturated carbocycles. The molecule has 5 nitrogen and oxygen atoms in total. The Morgan fingerprint density at radius 3 is 2.72 bits per heavy atom. The molecule has 1 aliphatic heterocycles. The van der Waals surface area contributed by atoms with Crippen molar-refractivity contribution in [3.05, 3.63) is 6.07 Å². The lowest BCUT2D eigenvalue weighted by atomic mass is 10.1. The number of thioether (sulfide) groups is 1. The molecule has 100 valence electrons. The zero-order chi connectivity index (χ0) is 13.0. The van der Waals surface area contributed by atoms with Gasteiger partial charge >= 0.3 is 0 Å². The Morgan fingerprint density at radius 2 is 2.11 bits per heavy atom. The highest BCUT2D eigenvalue weighted by atomic mass is 32.2. The lowest BCUT2D eigenvalue weighted by Crippen LogP contribution is -2.27. The smallest absolute Gasteiger partial charge is 0.223 e. The third-order valence-electron chi connectivity index (χ3n) is 3.05. The van der Waals surface area contributed by atoms with Gasteiger partial charge < -0.3 is 16.4 Å². The molecule has 1 unspecified atom stereocenters. The summed E-state index contributed by atoms with van der Waals surface area (Å²) in [6, 6.07) is 1.91.